The van der Waals surface area contributed by atoms with Gasteiger partial charge in [-0.3, -0.25) is 0 Å². The summed E-state index contributed by atoms with van der Waals surface area (Å²) in [6, 6.07) is 4.26. The number of hydrogen-bond donors (Lipinski definition) is 1. The second-order valence-corrected chi connectivity index (χ2v) is 2.60. The van der Waals surface area contributed by atoms with Crippen molar-refractivity contribution in [3.05, 3.63) is 28.5 Å². The van der Waals surface area contributed by atoms with Crippen molar-refractivity contribution in [1.29, 1.82) is 5.26 Å². The van der Waals surface area contributed by atoms with Gasteiger partial charge in [0, 0.05) is 10.6 Å². The summed E-state index contributed by atoms with van der Waals surface area (Å²) in [5.74, 6) is -1.30. The summed E-state index contributed by atoms with van der Waals surface area (Å²) in [4.78, 5) is 0. The van der Waals surface area contributed by atoms with Gasteiger partial charge in [-0.1, -0.05) is 11.6 Å². The van der Waals surface area contributed by atoms with E-state index in [1.807, 2.05) is 0 Å². The topological polar surface area (TPSA) is 44.0 Å². The van der Waals surface area contributed by atoms with Crippen molar-refractivity contribution in [2.24, 2.45) is 0 Å². The third-order valence-electron chi connectivity index (χ3n) is 1.42. The molecule has 0 radical (unpaired) electrons. The minimum Gasteiger partial charge on any atom is -0.505 e. The van der Waals surface area contributed by atoms with Gasteiger partial charge in [0.25, 0.3) is 0 Å². The van der Waals surface area contributed by atoms with Crippen molar-refractivity contribution in [2.45, 2.75) is 6.42 Å². The fourth-order valence-corrected chi connectivity index (χ4v) is 1.04. The van der Waals surface area contributed by atoms with Crippen molar-refractivity contribution in [1.82, 2.24) is 0 Å². The average Bonchev–Trinajstić information content (AvgIpc) is 2.06. The predicted molar refractivity (Wildman–Crippen MR) is 42.4 cm³/mol. The fourth-order valence-electron chi connectivity index (χ4n) is 0.826. The van der Waals surface area contributed by atoms with Gasteiger partial charge in [-0.2, -0.15) is 5.26 Å². The van der Waals surface area contributed by atoms with E-state index in [-0.39, 0.29) is 17.0 Å². The van der Waals surface area contributed by atoms with Crippen LogP contribution in [0.3, 0.4) is 0 Å². The summed E-state index contributed by atoms with van der Waals surface area (Å²) in [5, 5.41) is 17.4. The number of halogens is 2. The molecule has 62 valence electrons. The van der Waals surface area contributed by atoms with E-state index in [1.54, 1.807) is 6.07 Å². The van der Waals surface area contributed by atoms with Crippen molar-refractivity contribution < 1.29 is 9.50 Å². The number of nitriles is 1. The van der Waals surface area contributed by atoms with E-state index in [9.17, 15) is 4.39 Å². The van der Waals surface area contributed by atoms with Crippen LogP contribution >= 0.6 is 11.6 Å². The SMILES string of the molecule is N#CCc1c(Cl)ccc(O)c1F. The lowest BCUT2D eigenvalue weighted by Gasteiger charge is -2.02. The van der Waals surface area contributed by atoms with E-state index in [0.717, 1.165) is 6.07 Å². The third kappa shape index (κ3) is 1.49. The molecule has 0 aliphatic rings. The van der Waals surface area contributed by atoms with Gasteiger partial charge in [-0.25, -0.2) is 4.39 Å². The Morgan fingerprint density at radius 2 is 2.25 bits per heavy atom. The molecule has 0 unspecified atom stereocenters. The minimum absolute atomic E-state index is 0.0409. The monoisotopic (exact) mass is 185 g/mol. The Balaban J connectivity index is 3.25. The molecule has 0 saturated heterocycles. The maximum Gasteiger partial charge on any atom is 0.170 e. The molecule has 1 rings (SSSR count). The standard InChI is InChI=1S/C8H5ClFNO/c9-6-1-2-7(12)8(10)5(6)3-4-11/h1-2,12H,3H2. The summed E-state index contributed by atoms with van der Waals surface area (Å²) >= 11 is 5.58. The van der Waals surface area contributed by atoms with Crippen LogP contribution in [0.5, 0.6) is 5.75 Å². The first-order valence-corrected chi connectivity index (χ1v) is 3.57. The molecule has 0 saturated carbocycles. The van der Waals surface area contributed by atoms with Gasteiger partial charge >= 0.3 is 0 Å². The second-order valence-electron chi connectivity index (χ2n) is 2.19. The first kappa shape index (κ1) is 8.82. The van der Waals surface area contributed by atoms with Crippen LogP contribution in [0, 0.1) is 17.1 Å². The molecule has 1 aromatic rings. The highest BCUT2D eigenvalue weighted by Gasteiger charge is 2.10. The Labute approximate surface area is 73.8 Å². The van der Waals surface area contributed by atoms with Gasteiger partial charge in [0.05, 0.1) is 12.5 Å². The molecule has 4 heteroatoms. The Morgan fingerprint density at radius 3 is 2.83 bits per heavy atom. The van der Waals surface area contributed by atoms with Crippen LogP contribution in [0.1, 0.15) is 5.56 Å². The van der Waals surface area contributed by atoms with Crippen molar-refractivity contribution >= 4 is 11.6 Å². The van der Waals surface area contributed by atoms with E-state index < -0.39 is 11.6 Å². The third-order valence-corrected chi connectivity index (χ3v) is 1.78. The lowest BCUT2D eigenvalue weighted by molar-refractivity contribution is 0.429. The van der Waals surface area contributed by atoms with Crippen LogP contribution < -0.4 is 0 Å². The predicted octanol–water partition coefficient (Wildman–Crippen LogP) is 2.25. The number of hydrogen-bond acceptors (Lipinski definition) is 2. The highest BCUT2D eigenvalue weighted by molar-refractivity contribution is 6.31. The average molecular weight is 186 g/mol. The molecule has 0 aliphatic carbocycles. The summed E-state index contributed by atoms with van der Waals surface area (Å²) in [5.41, 5.74) is 0.0409. The lowest BCUT2D eigenvalue weighted by atomic mass is 10.1. The van der Waals surface area contributed by atoms with Gasteiger partial charge in [-0.15, -0.1) is 0 Å². The normalized spacial score (nSPS) is 9.42. The quantitative estimate of drug-likeness (QED) is 0.729. The fraction of sp³-hybridized carbons (Fsp3) is 0.125. The molecule has 0 bridgehead atoms. The number of phenolic OH excluding ortho intramolecular Hbond substituents is 1. The molecule has 0 atom stereocenters. The van der Waals surface area contributed by atoms with Crippen LogP contribution in [0.4, 0.5) is 4.39 Å². The maximum atomic E-state index is 13.0. The van der Waals surface area contributed by atoms with Crippen molar-refractivity contribution in [3.63, 3.8) is 0 Å². The van der Waals surface area contributed by atoms with Gasteiger partial charge < -0.3 is 5.11 Å². The molecule has 0 fully saturated rings. The molecule has 0 spiro atoms. The molecule has 2 nitrogen and oxygen atoms in total. The van der Waals surface area contributed by atoms with E-state index in [0.29, 0.717) is 0 Å². The smallest absolute Gasteiger partial charge is 0.170 e. The van der Waals surface area contributed by atoms with Gasteiger partial charge in [0.1, 0.15) is 0 Å². The Hall–Kier alpha value is -1.27. The molecule has 0 amide bonds. The first-order chi connectivity index (χ1) is 5.66. The molecular formula is C8H5ClFNO. The summed E-state index contributed by atoms with van der Waals surface area (Å²) < 4.78 is 13.0. The molecule has 0 aliphatic heterocycles. The Morgan fingerprint density at radius 1 is 1.58 bits per heavy atom. The van der Waals surface area contributed by atoms with E-state index in [4.69, 9.17) is 22.0 Å². The highest BCUT2D eigenvalue weighted by atomic mass is 35.5. The van der Waals surface area contributed by atoms with Crippen molar-refractivity contribution in [2.75, 3.05) is 0 Å². The molecule has 1 aromatic carbocycles. The van der Waals surface area contributed by atoms with Crippen LogP contribution in [-0.4, -0.2) is 5.11 Å². The number of phenols is 1. The number of nitrogens with zero attached hydrogens (tertiary/aromatic N) is 1. The minimum atomic E-state index is -0.816. The lowest BCUT2D eigenvalue weighted by Crippen LogP contribution is -1.90. The Bertz CT molecular complexity index is 346. The molecular weight excluding hydrogens is 181 g/mol. The van der Waals surface area contributed by atoms with Crippen LogP contribution in [0.25, 0.3) is 0 Å². The molecule has 0 aromatic heterocycles. The zero-order valence-electron chi connectivity index (χ0n) is 6.01. The largest absolute Gasteiger partial charge is 0.505 e. The van der Waals surface area contributed by atoms with Crippen LogP contribution in [0.15, 0.2) is 12.1 Å². The van der Waals surface area contributed by atoms with Gasteiger partial charge in [0.2, 0.25) is 0 Å². The Kier molecular flexibility index (Phi) is 2.51. The van der Waals surface area contributed by atoms with Crippen molar-refractivity contribution in [3.8, 4) is 11.8 Å². The number of rotatable bonds is 1. The maximum absolute atomic E-state index is 13.0. The highest BCUT2D eigenvalue weighted by Crippen LogP contribution is 2.26. The molecule has 12 heavy (non-hydrogen) atoms. The van der Waals surface area contributed by atoms with E-state index in [2.05, 4.69) is 0 Å². The summed E-state index contributed by atoms with van der Waals surface area (Å²) in [6.07, 6.45) is -0.140. The van der Waals surface area contributed by atoms with Gasteiger partial charge in [0.15, 0.2) is 11.6 Å². The molecule has 1 N–H and O–H groups in total. The van der Waals surface area contributed by atoms with E-state index >= 15 is 0 Å². The zero-order chi connectivity index (χ0) is 9.14. The summed E-state index contributed by atoms with van der Waals surface area (Å²) in [7, 11) is 0. The van der Waals surface area contributed by atoms with E-state index in [1.165, 1.54) is 6.07 Å². The zero-order valence-corrected chi connectivity index (χ0v) is 6.77. The first-order valence-electron chi connectivity index (χ1n) is 3.19. The number of aromatic hydroxyl groups is 1. The van der Waals surface area contributed by atoms with Gasteiger partial charge in [-0.05, 0) is 12.1 Å². The van der Waals surface area contributed by atoms with Crippen LogP contribution in [-0.2, 0) is 6.42 Å². The molecule has 0 heterocycles. The van der Waals surface area contributed by atoms with Crippen LogP contribution in [0.2, 0.25) is 5.02 Å². The summed E-state index contributed by atoms with van der Waals surface area (Å²) in [6.45, 7) is 0. The second kappa shape index (κ2) is 3.42. The number of benzene rings is 1.